The van der Waals surface area contributed by atoms with Crippen molar-refractivity contribution in [3.8, 4) is 0 Å². The van der Waals surface area contributed by atoms with E-state index < -0.39 is 22.3 Å². The fraction of sp³-hybridized carbons (Fsp3) is 0.909. The smallest absolute Gasteiger partial charge is 0.332 e. The number of carbonyl (C=O) groups is 1. The molecule has 1 fully saturated rings. The third-order valence-electron chi connectivity index (χ3n) is 3.16. The molecule has 0 aromatic carbocycles. The number of carboxylic acids is 1. The van der Waals surface area contributed by atoms with Crippen LogP contribution < -0.4 is 4.72 Å². The first kappa shape index (κ1) is 16.4. The first-order chi connectivity index (χ1) is 8.72. The number of hydrogen-bond acceptors (Lipinski definition) is 4. The molecule has 1 saturated heterocycles. The van der Waals surface area contributed by atoms with Crippen molar-refractivity contribution in [2.45, 2.75) is 32.8 Å². The van der Waals surface area contributed by atoms with Crippen molar-refractivity contribution >= 4 is 16.2 Å². The summed E-state index contributed by atoms with van der Waals surface area (Å²) < 4.78 is 27.7. The van der Waals surface area contributed by atoms with E-state index in [-0.39, 0.29) is 13.0 Å². The first-order valence-corrected chi connectivity index (χ1v) is 7.82. The molecule has 3 atom stereocenters. The molecule has 0 radical (unpaired) electrons. The minimum atomic E-state index is -3.59. The van der Waals surface area contributed by atoms with Gasteiger partial charge in [-0.15, -0.1) is 0 Å². The van der Waals surface area contributed by atoms with Crippen LogP contribution in [0.2, 0.25) is 0 Å². The standard InChI is InChI=1S/C11H22N2O5S/c1-8-5-9(2)7-13(6-8)19(17,18)12-4-3-10(14)11(15)16/h8-10,12,14H,3-7H2,1-2H3,(H,15,16)/t8?,9?,10-/m0/s1. The summed E-state index contributed by atoms with van der Waals surface area (Å²) in [5, 5.41) is 17.6. The van der Waals surface area contributed by atoms with E-state index in [2.05, 4.69) is 4.72 Å². The molecule has 3 N–H and O–H groups in total. The highest BCUT2D eigenvalue weighted by atomic mass is 32.2. The van der Waals surface area contributed by atoms with Gasteiger partial charge in [0.05, 0.1) is 0 Å². The van der Waals surface area contributed by atoms with Gasteiger partial charge < -0.3 is 10.2 Å². The zero-order chi connectivity index (χ0) is 14.6. The first-order valence-electron chi connectivity index (χ1n) is 6.38. The van der Waals surface area contributed by atoms with E-state index in [9.17, 15) is 13.2 Å². The van der Waals surface area contributed by atoms with Gasteiger partial charge in [-0.3, -0.25) is 0 Å². The Morgan fingerprint density at radius 1 is 1.37 bits per heavy atom. The Morgan fingerprint density at radius 3 is 2.37 bits per heavy atom. The molecular weight excluding hydrogens is 272 g/mol. The second kappa shape index (κ2) is 6.65. The molecule has 7 nitrogen and oxygen atoms in total. The predicted octanol–water partition coefficient (Wildman–Crippen LogP) is -0.366. The largest absolute Gasteiger partial charge is 0.479 e. The van der Waals surface area contributed by atoms with Crippen LogP contribution in [0.1, 0.15) is 26.7 Å². The normalized spacial score (nSPS) is 27.1. The van der Waals surface area contributed by atoms with E-state index in [1.807, 2.05) is 13.8 Å². The van der Waals surface area contributed by atoms with E-state index in [0.717, 1.165) is 6.42 Å². The summed E-state index contributed by atoms with van der Waals surface area (Å²) in [6.45, 7) is 4.87. The van der Waals surface area contributed by atoms with E-state index in [0.29, 0.717) is 24.9 Å². The van der Waals surface area contributed by atoms with Crippen LogP contribution in [0.5, 0.6) is 0 Å². The summed E-state index contributed by atoms with van der Waals surface area (Å²) in [6.07, 6.45) is -0.682. The predicted molar refractivity (Wildman–Crippen MR) is 69.7 cm³/mol. The number of hydrogen-bond donors (Lipinski definition) is 3. The van der Waals surface area contributed by atoms with Gasteiger partial charge in [-0.05, 0) is 24.7 Å². The van der Waals surface area contributed by atoms with Gasteiger partial charge in [-0.1, -0.05) is 13.8 Å². The molecule has 1 aliphatic rings. The number of carboxylic acid groups (broad SMARTS) is 1. The number of nitrogens with zero attached hydrogens (tertiary/aromatic N) is 1. The molecule has 0 aromatic rings. The highest BCUT2D eigenvalue weighted by Crippen LogP contribution is 2.22. The number of aliphatic hydroxyl groups is 1. The lowest BCUT2D eigenvalue weighted by molar-refractivity contribution is -0.146. The van der Waals surface area contributed by atoms with Gasteiger partial charge in [0.15, 0.2) is 6.10 Å². The third-order valence-corrected chi connectivity index (χ3v) is 4.71. The minimum absolute atomic E-state index is 0.0882. The van der Waals surface area contributed by atoms with Crippen molar-refractivity contribution in [2.24, 2.45) is 11.8 Å². The molecule has 0 spiro atoms. The van der Waals surface area contributed by atoms with Gasteiger partial charge in [0, 0.05) is 19.6 Å². The molecule has 1 rings (SSSR count). The third kappa shape index (κ3) is 5.06. The summed E-state index contributed by atoms with van der Waals surface area (Å²) in [5.74, 6) is -0.728. The highest BCUT2D eigenvalue weighted by molar-refractivity contribution is 7.87. The van der Waals surface area contributed by atoms with Crippen LogP contribution in [0.25, 0.3) is 0 Å². The highest BCUT2D eigenvalue weighted by Gasteiger charge is 2.30. The van der Waals surface area contributed by atoms with Crippen LogP contribution in [0.3, 0.4) is 0 Å². The fourth-order valence-corrected chi connectivity index (χ4v) is 3.80. The Bertz CT molecular complexity index is 401. The summed E-state index contributed by atoms with van der Waals surface area (Å²) in [7, 11) is -3.59. The average molecular weight is 294 g/mol. The van der Waals surface area contributed by atoms with E-state index in [4.69, 9.17) is 10.2 Å². The Kier molecular flexibility index (Phi) is 5.72. The van der Waals surface area contributed by atoms with E-state index >= 15 is 0 Å². The zero-order valence-electron chi connectivity index (χ0n) is 11.2. The lowest BCUT2D eigenvalue weighted by atomic mass is 9.94. The summed E-state index contributed by atoms with van der Waals surface area (Å²) >= 11 is 0. The van der Waals surface area contributed by atoms with Crippen molar-refractivity contribution in [1.82, 2.24) is 9.03 Å². The molecule has 2 unspecified atom stereocenters. The molecule has 19 heavy (non-hydrogen) atoms. The molecule has 0 amide bonds. The zero-order valence-corrected chi connectivity index (χ0v) is 12.1. The van der Waals surface area contributed by atoms with Crippen LogP contribution in [0.4, 0.5) is 0 Å². The van der Waals surface area contributed by atoms with Crippen molar-refractivity contribution < 1.29 is 23.4 Å². The molecule has 0 aromatic heterocycles. The van der Waals surface area contributed by atoms with Crippen molar-refractivity contribution in [3.05, 3.63) is 0 Å². The van der Waals surface area contributed by atoms with Gasteiger partial charge in [0.1, 0.15) is 0 Å². The van der Waals surface area contributed by atoms with E-state index in [1.54, 1.807) is 0 Å². The number of aliphatic carboxylic acids is 1. The van der Waals surface area contributed by atoms with Gasteiger partial charge in [-0.25, -0.2) is 9.52 Å². The second-order valence-corrected chi connectivity index (χ2v) is 7.06. The quantitative estimate of drug-likeness (QED) is 0.620. The Hall–Kier alpha value is -0.700. The van der Waals surface area contributed by atoms with Crippen molar-refractivity contribution in [2.75, 3.05) is 19.6 Å². The maximum absolute atomic E-state index is 12.0. The topological polar surface area (TPSA) is 107 Å². The van der Waals surface area contributed by atoms with Gasteiger partial charge in [-0.2, -0.15) is 12.7 Å². The molecule has 0 bridgehead atoms. The van der Waals surface area contributed by atoms with Crippen LogP contribution >= 0.6 is 0 Å². The van der Waals surface area contributed by atoms with Crippen molar-refractivity contribution in [1.29, 1.82) is 0 Å². The van der Waals surface area contributed by atoms with Crippen LogP contribution in [-0.2, 0) is 15.0 Å². The number of rotatable bonds is 6. The molecule has 1 heterocycles. The molecule has 1 aliphatic heterocycles. The number of aliphatic hydroxyl groups excluding tert-OH is 1. The minimum Gasteiger partial charge on any atom is -0.479 e. The fourth-order valence-electron chi connectivity index (χ4n) is 2.34. The Morgan fingerprint density at radius 2 is 1.89 bits per heavy atom. The van der Waals surface area contributed by atoms with Crippen molar-refractivity contribution in [3.63, 3.8) is 0 Å². The molecule has 112 valence electrons. The van der Waals surface area contributed by atoms with Gasteiger partial charge in [0.2, 0.25) is 0 Å². The van der Waals surface area contributed by atoms with Crippen LogP contribution in [0.15, 0.2) is 0 Å². The Balaban J connectivity index is 2.49. The van der Waals surface area contributed by atoms with Crippen LogP contribution in [-0.4, -0.2) is 54.6 Å². The summed E-state index contributed by atoms with van der Waals surface area (Å²) in [6, 6.07) is 0. The van der Waals surface area contributed by atoms with Gasteiger partial charge >= 0.3 is 5.97 Å². The molecular formula is C11H22N2O5S. The maximum atomic E-state index is 12.0. The molecule has 0 saturated carbocycles. The average Bonchev–Trinajstić information content (AvgIpc) is 2.27. The Labute approximate surface area is 113 Å². The summed E-state index contributed by atoms with van der Waals surface area (Å²) in [5.41, 5.74) is 0. The molecule has 0 aliphatic carbocycles. The summed E-state index contributed by atoms with van der Waals surface area (Å²) in [4.78, 5) is 10.4. The van der Waals surface area contributed by atoms with E-state index in [1.165, 1.54) is 4.31 Å². The molecule has 8 heteroatoms. The lowest BCUT2D eigenvalue weighted by Gasteiger charge is -2.33. The second-order valence-electron chi connectivity index (χ2n) is 5.31. The monoisotopic (exact) mass is 294 g/mol. The number of piperidine rings is 1. The number of nitrogens with one attached hydrogen (secondary N) is 1. The van der Waals surface area contributed by atoms with Gasteiger partial charge in [0.25, 0.3) is 10.2 Å². The maximum Gasteiger partial charge on any atom is 0.332 e. The SMILES string of the molecule is CC1CC(C)CN(S(=O)(=O)NCC[C@H](O)C(=O)O)C1. The lowest BCUT2D eigenvalue weighted by Crippen LogP contribution is -2.48. The van der Waals surface area contributed by atoms with Crippen LogP contribution in [0, 0.1) is 11.8 Å².